The van der Waals surface area contributed by atoms with Crippen LogP contribution < -0.4 is 16.4 Å². The van der Waals surface area contributed by atoms with Gasteiger partial charge in [0.1, 0.15) is 6.04 Å². The first kappa shape index (κ1) is 18.1. The number of benzene rings is 1. The molecule has 2 aliphatic heterocycles. The highest BCUT2D eigenvalue weighted by Crippen LogP contribution is 2.28. The molecule has 1 unspecified atom stereocenters. The molecule has 4 rings (SSSR count). The van der Waals surface area contributed by atoms with Gasteiger partial charge in [-0.3, -0.25) is 19.7 Å². The number of amides is 3. The average Bonchev–Trinajstić information content (AvgIpc) is 2.97. The van der Waals surface area contributed by atoms with E-state index < -0.39 is 6.04 Å². The Morgan fingerprint density at radius 3 is 2.63 bits per heavy atom. The average molecular weight is 370 g/mol. The Labute approximate surface area is 158 Å². The van der Waals surface area contributed by atoms with Crippen LogP contribution in [0.25, 0.3) is 0 Å². The lowest BCUT2D eigenvalue weighted by Gasteiger charge is -2.29. The molecule has 0 bridgehead atoms. The molecule has 1 saturated carbocycles. The number of fused-ring (bicyclic) bond motifs is 1. The molecular weight excluding hydrogens is 344 g/mol. The van der Waals surface area contributed by atoms with Gasteiger partial charge >= 0.3 is 0 Å². The van der Waals surface area contributed by atoms with Gasteiger partial charge in [-0.25, -0.2) is 0 Å². The zero-order valence-corrected chi connectivity index (χ0v) is 15.4. The molecule has 27 heavy (non-hydrogen) atoms. The normalized spacial score (nSPS) is 28.3. The zero-order valence-electron chi connectivity index (χ0n) is 15.4. The Morgan fingerprint density at radius 2 is 1.89 bits per heavy atom. The SMILES string of the molecule is NC1CCC(NCc2ccc3c(c2)C(=O)N(C2CCC(=O)NC2=O)C3)CC1. The van der Waals surface area contributed by atoms with Crippen LogP contribution in [0, 0.1) is 0 Å². The molecule has 144 valence electrons. The fourth-order valence-corrected chi connectivity index (χ4v) is 4.30. The van der Waals surface area contributed by atoms with Crippen LogP contribution in [0.1, 0.15) is 60.0 Å². The number of nitrogens with one attached hydrogen (secondary N) is 2. The molecule has 0 radical (unpaired) electrons. The van der Waals surface area contributed by atoms with Gasteiger partial charge in [0, 0.05) is 37.2 Å². The highest BCUT2D eigenvalue weighted by Gasteiger charge is 2.39. The molecule has 4 N–H and O–H groups in total. The largest absolute Gasteiger partial charge is 0.328 e. The predicted molar refractivity (Wildman–Crippen MR) is 99.6 cm³/mol. The number of carbonyl (C=O) groups is 3. The maximum Gasteiger partial charge on any atom is 0.255 e. The highest BCUT2D eigenvalue weighted by molar-refractivity contribution is 6.05. The summed E-state index contributed by atoms with van der Waals surface area (Å²) in [4.78, 5) is 37.9. The molecule has 1 saturated heterocycles. The lowest BCUT2D eigenvalue weighted by Crippen LogP contribution is -2.52. The van der Waals surface area contributed by atoms with Crippen LogP contribution in [0.4, 0.5) is 0 Å². The number of hydrogen-bond donors (Lipinski definition) is 3. The van der Waals surface area contributed by atoms with E-state index in [1.807, 2.05) is 18.2 Å². The van der Waals surface area contributed by atoms with Gasteiger partial charge in [0.15, 0.2) is 0 Å². The smallest absolute Gasteiger partial charge is 0.255 e. The Balaban J connectivity index is 1.40. The van der Waals surface area contributed by atoms with Crippen LogP contribution in [0.15, 0.2) is 18.2 Å². The van der Waals surface area contributed by atoms with Crippen molar-refractivity contribution in [3.05, 3.63) is 34.9 Å². The zero-order chi connectivity index (χ0) is 19.0. The van der Waals surface area contributed by atoms with E-state index in [1.54, 1.807) is 4.90 Å². The molecule has 7 nitrogen and oxygen atoms in total. The molecular formula is C20H26N4O3. The van der Waals surface area contributed by atoms with Crippen molar-refractivity contribution in [2.45, 2.75) is 69.7 Å². The maximum atomic E-state index is 12.8. The second-order valence-corrected chi connectivity index (χ2v) is 7.88. The Morgan fingerprint density at radius 1 is 1.11 bits per heavy atom. The lowest BCUT2D eigenvalue weighted by atomic mass is 9.91. The molecule has 3 amide bonds. The van der Waals surface area contributed by atoms with E-state index >= 15 is 0 Å². The first-order valence-electron chi connectivity index (χ1n) is 9.76. The van der Waals surface area contributed by atoms with Crippen molar-refractivity contribution < 1.29 is 14.4 Å². The standard InChI is InChI=1S/C20H26N4O3/c21-14-3-5-15(6-4-14)22-10-12-1-2-13-11-24(20(27)16(13)9-12)17-7-8-18(25)23-19(17)26/h1-2,9,14-15,17,22H,3-8,10-11,21H2,(H,23,25,26). The third-order valence-corrected chi connectivity index (χ3v) is 5.96. The third kappa shape index (κ3) is 3.75. The van der Waals surface area contributed by atoms with Gasteiger partial charge in [-0.2, -0.15) is 0 Å². The molecule has 2 heterocycles. The summed E-state index contributed by atoms with van der Waals surface area (Å²) in [6.45, 7) is 1.15. The van der Waals surface area contributed by atoms with E-state index in [9.17, 15) is 14.4 Å². The van der Waals surface area contributed by atoms with Crippen molar-refractivity contribution in [2.75, 3.05) is 0 Å². The summed E-state index contributed by atoms with van der Waals surface area (Å²) >= 11 is 0. The van der Waals surface area contributed by atoms with Crippen LogP contribution in [-0.4, -0.2) is 40.7 Å². The second kappa shape index (κ2) is 7.40. The molecule has 3 aliphatic rings. The summed E-state index contributed by atoms with van der Waals surface area (Å²) in [5.41, 5.74) is 8.64. The Kier molecular flexibility index (Phi) is 4.97. The van der Waals surface area contributed by atoms with Crippen molar-refractivity contribution in [1.82, 2.24) is 15.5 Å². The van der Waals surface area contributed by atoms with E-state index in [4.69, 9.17) is 5.73 Å². The van der Waals surface area contributed by atoms with Crippen molar-refractivity contribution in [2.24, 2.45) is 5.73 Å². The molecule has 1 atom stereocenters. The molecule has 0 aromatic heterocycles. The van der Waals surface area contributed by atoms with Crippen LogP contribution in [-0.2, 0) is 22.7 Å². The van der Waals surface area contributed by atoms with E-state index in [-0.39, 0.29) is 24.1 Å². The van der Waals surface area contributed by atoms with Gasteiger partial charge in [-0.1, -0.05) is 12.1 Å². The summed E-state index contributed by atoms with van der Waals surface area (Å²) < 4.78 is 0. The van der Waals surface area contributed by atoms with Gasteiger partial charge in [0.25, 0.3) is 5.91 Å². The molecule has 1 aromatic rings. The maximum absolute atomic E-state index is 12.8. The summed E-state index contributed by atoms with van der Waals surface area (Å²) in [6, 6.07) is 6.21. The first-order chi connectivity index (χ1) is 13.0. The first-order valence-corrected chi connectivity index (χ1v) is 9.76. The quantitative estimate of drug-likeness (QED) is 0.680. The van der Waals surface area contributed by atoms with Gasteiger partial charge in [-0.05, 0) is 49.3 Å². The summed E-state index contributed by atoms with van der Waals surface area (Å²) in [5, 5.41) is 5.90. The van der Waals surface area contributed by atoms with E-state index in [0.29, 0.717) is 30.6 Å². The molecule has 7 heteroatoms. The number of carbonyl (C=O) groups excluding carboxylic acids is 3. The van der Waals surface area contributed by atoms with Crippen LogP contribution in [0.5, 0.6) is 0 Å². The van der Waals surface area contributed by atoms with Gasteiger partial charge < -0.3 is 16.0 Å². The van der Waals surface area contributed by atoms with Crippen molar-refractivity contribution in [3.63, 3.8) is 0 Å². The fraction of sp³-hybridized carbons (Fsp3) is 0.550. The van der Waals surface area contributed by atoms with Gasteiger partial charge in [-0.15, -0.1) is 0 Å². The summed E-state index contributed by atoms with van der Waals surface area (Å²) in [5.74, 6) is -0.757. The van der Waals surface area contributed by atoms with Crippen LogP contribution >= 0.6 is 0 Å². The molecule has 1 aromatic carbocycles. The number of nitrogens with two attached hydrogens (primary N) is 1. The molecule has 2 fully saturated rings. The second-order valence-electron chi connectivity index (χ2n) is 7.88. The van der Waals surface area contributed by atoms with Crippen LogP contribution in [0.2, 0.25) is 0 Å². The minimum Gasteiger partial charge on any atom is -0.328 e. The van der Waals surface area contributed by atoms with Gasteiger partial charge in [0.2, 0.25) is 11.8 Å². The number of imide groups is 1. The van der Waals surface area contributed by atoms with Gasteiger partial charge in [0.05, 0.1) is 0 Å². The van der Waals surface area contributed by atoms with Crippen molar-refractivity contribution >= 4 is 17.7 Å². The molecule has 1 aliphatic carbocycles. The Bertz CT molecular complexity index is 770. The molecule has 0 spiro atoms. The van der Waals surface area contributed by atoms with E-state index in [0.717, 1.165) is 43.4 Å². The minimum absolute atomic E-state index is 0.120. The fourth-order valence-electron chi connectivity index (χ4n) is 4.30. The van der Waals surface area contributed by atoms with Crippen molar-refractivity contribution in [1.29, 1.82) is 0 Å². The number of rotatable bonds is 4. The van der Waals surface area contributed by atoms with E-state index in [1.165, 1.54) is 0 Å². The van der Waals surface area contributed by atoms with Crippen molar-refractivity contribution in [3.8, 4) is 0 Å². The lowest BCUT2D eigenvalue weighted by molar-refractivity contribution is -0.136. The van der Waals surface area contributed by atoms with Crippen LogP contribution in [0.3, 0.4) is 0 Å². The summed E-state index contributed by atoms with van der Waals surface area (Å²) in [7, 11) is 0. The van der Waals surface area contributed by atoms with E-state index in [2.05, 4.69) is 10.6 Å². The number of hydrogen-bond acceptors (Lipinski definition) is 5. The topological polar surface area (TPSA) is 105 Å². The number of nitrogens with zero attached hydrogens (tertiary/aromatic N) is 1. The predicted octanol–water partition coefficient (Wildman–Crippen LogP) is 0.807. The number of piperidine rings is 1. The monoisotopic (exact) mass is 370 g/mol. The third-order valence-electron chi connectivity index (χ3n) is 5.96. The minimum atomic E-state index is -0.560. The highest BCUT2D eigenvalue weighted by atomic mass is 16.2. The Hall–Kier alpha value is -2.25. The summed E-state index contributed by atoms with van der Waals surface area (Å²) in [6.07, 6.45) is 4.96.